The highest BCUT2D eigenvalue weighted by Gasteiger charge is 2.05. The van der Waals surface area contributed by atoms with Crippen LogP contribution in [0.1, 0.15) is 65.5 Å². The van der Waals surface area contributed by atoms with Gasteiger partial charge in [-0.2, -0.15) is 0 Å². The molecule has 2 nitrogen and oxygen atoms in total. The Balaban J connectivity index is 0. The van der Waals surface area contributed by atoms with E-state index in [-0.39, 0.29) is 0 Å². The molecule has 0 heterocycles. The zero-order chi connectivity index (χ0) is 20.9. The SMILES string of the molecule is CCC.CCCN(CC)C(C)/C=C\C=C/CNC.CCc1ccccc1C. The molecule has 0 aliphatic heterocycles. The Labute approximate surface area is 170 Å². The van der Waals surface area contributed by atoms with E-state index in [1.54, 1.807) is 0 Å². The Hall–Kier alpha value is -1.38. The van der Waals surface area contributed by atoms with Gasteiger partial charge in [-0.1, -0.05) is 89.6 Å². The molecule has 0 aromatic heterocycles. The van der Waals surface area contributed by atoms with Gasteiger partial charge in [-0.05, 0) is 58.0 Å². The second-order valence-electron chi connectivity index (χ2n) is 6.73. The summed E-state index contributed by atoms with van der Waals surface area (Å²) in [7, 11) is 1.96. The fourth-order valence-corrected chi connectivity index (χ4v) is 2.55. The van der Waals surface area contributed by atoms with Crippen molar-refractivity contribution in [1.29, 1.82) is 0 Å². The molecule has 1 N–H and O–H groups in total. The third-order valence-corrected chi connectivity index (χ3v) is 4.09. The maximum atomic E-state index is 3.08. The standard InChI is InChI=1S/C13H26N2.C9H12.C3H8/c1-5-12-15(6-2)13(3)10-8-7-9-11-14-4;1-3-9-7-5-4-6-8(9)2;1-3-2/h7-10,13-14H,5-6,11-12H2,1-4H3;4-7H,3H2,1-2H3;3H2,1-2H3/b9-7-,10-8-;;. The van der Waals surface area contributed by atoms with Gasteiger partial charge in [0.05, 0.1) is 0 Å². The highest BCUT2D eigenvalue weighted by molar-refractivity contribution is 5.25. The zero-order valence-corrected chi connectivity index (χ0v) is 19.4. The maximum absolute atomic E-state index is 3.08. The number of rotatable bonds is 9. The second kappa shape index (κ2) is 20.9. The van der Waals surface area contributed by atoms with E-state index in [2.05, 4.69) is 107 Å². The van der Waals surface area contributed by atoms with Crippen molar-refractivity contribution in [2.45, 2.75) is 73.8 Å². The molecule has 0 saturated heterocycles. The number of likely N-dealkylation sites (N-methyl/N-ethyl adjacent to an activating group) is 2. The molecule has 0 bridgehead atoms. The first kappa shape index (κ1) is 27.8. The first-order valence-corrected chi connectivity index (χ1v) is 10.8. The fraction of sp³-hybridized carbons (Fsp3) is 0.600. The molecule has 2 heteroatoms. The summed E-state index contributed by atoms with van der Waals surface area (Å²) in [5.74, 6) is 0. The molecular weight excluding hydrogens is 328 g/mol. The smallest absolute Gasteiger partial charge is 0.0252 e. The molecule has 1 aromatic carbocycles. The number of nitrogens with zero attached hydrogens (tertiary/aromatic N) is 1. The Morgan fingerprint density at radius 3 is 2.11 bits per heavy atom. The van der Waals surface area contributed by atoms with E-state index in [1.807, 2.05) is 7.05 Å². The van der Waals surface area contributed by atoms with Crippen LogP contribution in [0.15, 0.2) is 48.6 Å². The third kappa shape index (κ3) is 16.5. The monoisotopic (exact) mass is 374 g/mol. The lowest BCUT2D eigenvalue weighted by atomic mass is 10.1. The van der Waals surface area contributed by atoms with Gasteiger partial charge in [0.15, 0.2) is 0 Å². The third-order valence-electron chi connectivity index (χ3n) is 4.09. The van der Waals surface area contributed by atoms with Gasteiger partial charge >= 0.3 is 0 Å². The lowest BCUT2D eigenvalue weighted by Gasteiger charge is -2.24. The molecule has 0 spiro atoms. The summed E-state index contributed by atoms with van der Waals surface area (Å²) in [6.45, 7) is 18.5. The Morgan fingerprint density at radius 1 is 1.04 bits per heavy atom. The molecule has 0 radical (unpaired) electrons. The minimum atomic E-state index is 0.536. The van der Waals surface area contributed by atoms with Crippen molar-refractivity contribution in [2.24, 2.45) is 0 Å². The summed E-state index contributed by atoms with van der Waals surface area (Å²) in [4.78, 5) is 2.47. The molecular formula is C25H46N2. The van der Waals surface area contributed by atoms with Gasteiger partial charge in [-0.15, -0.1) is 0 Å². The lowest BCUT2D eigenvalue weighted by molar-refractivity contribution is 0.254. The molecule has 0 saturated carbocycles. The summed E-state index contributed by atoms with van der Waals surface area (Å²) >= 11 is 0. The van der Waals surface area contributed by atoms with Gasteiger partial charge in [0.2, 0.25) is 0 Å². The summed E-state index contributed by atoms with van der Waals surface area (Å²) < 4.78 is 0. The van der Waals surface area contributed by atoms with Crippen LogP contribution >= 0.6 is 0 Å². The van der Waals surface area contributed by atoms with Crippen LogP contribution < -0.4 is 5.32 Å². The first-order valence-electron chi connectivity index (χ1n) is 10.8. The van der Waals surface area contributed by atoms with Crippen LogP contribution in [0, 0.1) is 6.92 Å². The maximum Gasteiger partial charge on any atom is 0.0252 e. The van der Waals surface area contributed by atoms with Crippen LogP contribution in [0.4, 0.5) is 0 Å². The van der Waals surface area contributed by atoms with Crippen molar-refractivity contribution in [3.05, 3.63) is 59.7 Å². The number of nitrogens with one attached hydrogen (secondary N) is 1. The van der Waals surface area contributed by atoms with Crippen molar-refractivity contribution in [3.63, 3.8) is 0 Å². The predicted molar refractivity (Wildman–Crippen MR) is 126 cm³/mol. The summed E-state index contributed by atoms with van der Waals surface area (Å²) in [6, 6.07) is 9.03. The Morgan fingerprint density at radius 2 is 1.67 bits per heavy atom. The summed E-state index contributed by atoms with van der Waals surface area (Å²) in [6.07, 6.45) is 12.2. The van der Waals surface area contributed by atoms with Crippen LogP contribution in [-0.4, -0.2) is 37.6 Å². The highest BCUT2D eigenvalue weighted by atomic mass is 15.1. The van der Waals surface area contributed by atoms with E-state index >= 15 is 0 Å². The zero-order valence-electron chi connectivity index (χ0n) is 19.4. The van der Waals surface area contributed by atoms with E-state index in [0.29, 0.717) is 6.04 Å². The van der Waals surface area contributed by atoms with Crippen LogP contribution in [0.3, 0.4) is 0 Å². The number of hydrogen-bond acceptors (Lipinski definition) is 2. The normalized spacial score (nSPS) is 11.9. The van der Waals surface area contributed by atoms with Gasteiger partial charge < -0.3 is 5.32 Å². The van der Waals surface area contributed by atoms with Crippen molar-refractivity contribution < 1.29 is 0 Å². The van der Waals surface area contributed by atoms with Gasteiger partial charge in [0, 0.05) is 12.6 Å². The number of allylic oxidation sites excluding steroid dienone is 2. The van der Waals surface area contributed by atoms with Crippen molar-refractivity contribution in [3.8, 4) is 0 Å². The molecule has 0 amide bonds. The summed E-state index contributed by atoms with van der Waals surface area (Å²) in [5, 5.41) is 3.08. The summed E-state index contributed by atoms with van der Waals surface area (Å²) in [5.41, 5.74) is 2.86. The largest absolute Gasteiger partial charge is 0.316 e. The van der Waals surface area contributed by atoms with Crippen LogP contribution in [0.5, 0.6) is 0 Å². The number of benzene rings is 1. The van der Waals surface area contributed by atoms with Crippen LogP contribution in [0.2, 0.25) is 0 Å². The lowest BCUT2D eigenvalue weighted by Crippen LogP contribution is -2.32. The van der Waals surface area contributed by atoms with E-state index in [9.17, 15) is 0 Å². The van der Waals surface area contributed by atoms with E-state index in [4.69, 9.17) is 0 Å². The second-order valence-corrected chi connectivity index (χ2v) is 6.73. The highest BCUT2D eigenvalue weighted by Crippen LogP contribution is 2.06. The van der Waals surface area contributed by atoms with Gasteiger partial charge in [-0.3, -0.25) is 4.90 Å². The number of hydrogen-bond donors (Lipinski definition) is 1. The molecule has 1 atom stereocenters. The Kier molecular flexibility index (Phi) is 21.6. The van der Waals surface area contributed by atoms with Crippen LogP contribution in [0.25, 0.3) is 0 Å². The minimum Gasteiger partial charge on any atom is -0.316 e. The molecule has 1 aromatic rings. The van der Waals surface area contributed by atoms with Crippen molar-refractivity contribution in [1.82, 2.24) is 10.2 Å². The molecule has 0 aliphatic rings. The van der Waals surface area contributed by atoms with Gasteiger partial charge in [-0.25, -0.2) is 0 Å². The first-order chi connectivity index (χ1) is 13.0. The van der Waals surface area contributed by atoms with Crippen molar-refractivity contribution in [2.75, 3.05) is 26.7 Å². The van der Waals surface area contributed by atoms with Gasteiger partial charge in [0.25, 0.3) is 0 Å². The molecule has 27 heavy (non-hydrogen) atoms. The fourth-order valence-electron chi connectivity index (χ4n) is 2.55. The average molecular weight is 375 g/mol. The quantitative estimate of drug-likeness (QED) is 0.502. The average Bonchev–Trinajstić information content (AvgIpc) is 2.67. The number of aryl methyl sites for hydroxylation is 2. The van der Waals surface area contributed by atoms with Crippen molar-refractivity contribution >= 4 is 0 Å². The molecule has 1 rings (SSSR count). The van der Waals surface area contributed by atoms with Gasteiger partial charge in [0.1, 0.15) is 0 Å². The molecule has 0 fully saturated rings. The molecule has 156 valence electrons. The Bertz CT molecular complexity index is 477. The minimum absolute atomic E-state index is 0.536. The van der Waals surface area contributed by atoms with Crippen LogP contribution in [-0.2, 0) is 6.42 Å². The molecule has 0 aliphatic carbocycles. The predicted octanol–water partition coefficient (Wildman–Crippen LogP) is 6.41. The van der Waals surface area contributed by atoms with E-state index < -0.39 is 0 Å². The van der Waals surface area contributed by atoms with E-state index in [0.717, 1.165) is 19.5 Å². The van der Waals surface area contributed by atoms with E-state index in [1.165, 1.54) is 30.5 Å². The topological polar surface area (TPSA) is 15.3 Å². The molecule has 1 unspecified atom stereocenters.